The van der Waals surface area contributed by atoms with Gasteiger partial charge in [-0.1, -0.05) is 0 Å². The standard InChI is InChI=1S/C13H17ClN4S/c1-8-7-9(3-5-18(8)2)15-11-10-4-6-19-12(10)17-13(14)16-11/h4,6,8-9H,3,5,7H2,1-2H3,(H,15,16,17). The van der Waals surface area contributed by atoms with Gasteiger partial charge in [0.1, 0.15) is 10.6 Å². The number of piperidine rings is 1. The quantitative estimate of drug-likeness (QED) is 0.864. The van der Waals surface area contributed by atoms with Gasteiger partial charge in [0.25, 0.3) is 0 Å². The van der Waals surface area contributed by atoms with Crippen LogP contribution in [0.2, 0.25) is 5.28 Å². The molecule has 19 heavy (non-hydrogen) atoms. The van der Waals surface area contributed by atoms with Crippen molar-refractivity contribution >= 4 is 39.0 Å². The maximum atomic E-state index is 5.99. The number of anilines is 1. The van der Waals surface area contributed by atoms with Crippen LogP contribution in [0.1, 0.15) is 19.8 Å². The Morgan fingerprint density at radius 3 is 3.11 bits per heavy atom. The van der Waals surface area contributed by atoms with Gasteiger partial charge in [-0.3, -0.25) is 0 Å². The number of nitrogens with one attached hydrogen (secondary N) is 1. The van der Waals surface area contributed by atoms with Crippen LogP contribution >= 0.6 is 22.9 Å². The summed E-state index contributed by atoms with van der Waals surface area (Å²) in [5, 5.41) is 6.96. The molecule has 0 saturated carbocycles. The van der Waals surface area contributed by atoms with Crippen molar-refractivity contribution in [1.82, 2.24) is 14.9 Å². The second kappa shape index (κ2) is 5.23. The van der Waals surface area contributed by atoms with Gasteiger partial charge in [-0.2, -0.15) is 0 Å². The number of hydrogen-bond donors (Lipinski definition) is 1. The summed E-state index contributed by atoms with van der Waals surface area (Å²) in [7, 11) is 2.18. The van der Waals surface area contributed by atoms with Crippen molar-refractivity contribution in [1.29, 1.82) is 0 Å². The third kappa shape index (κ3) is 2.68. The van der Waals surface area contributed by atoms with Crippen LogP contribution in [-0.4, -0.2) is 40.5 Å². The molecule has 0 bridgehead atoms. The van der Waals surface area contributed by atoms with E-state index in [1.807, 2.05) is 5.38 Å². The first-order valence-electron chi connectivity index (χ1n) is 6.51. The lowest BCUT2D eigenvalue weighted by atomic mass is 9.99. The second-order valence-corrected chi connectivity index (χ2v) is 6.41. The van der Waals surface area contributed by atoms with Crippen LogP contribution < -0.4 is 5.32 Å². The number of nitrogens with zero attached hydrogens (tertiary/aromatic N) is 3. The summed E-state index contributed by atoms with van der Waals surface area (Å²) in [5.74, 6) is 0.873. The highest BCUT2D eigenvalue weighted by molar-refractivity contribution is 7.16. The lowest BCUT2D eigenvalue weighted by molar-refractivity contribution is 0.190. The highest BCUT2D eigenvalue weighted by Gasteiger charge is 2.23. The molecule has 0 aromatic carbocycles. The maximum absolute atomic E-state index is 5.99. The van der Waals surface area contributed by atoms with E-state index in [1.54, 1.807) is 11.3 Å². The lowest BCUT2D eigenvalue weighted by Crippen LogP contribution is -2.42. The minimum absolute atomic E-state index is 0.318. The van der Waals surface area contributed by atoms with Gasteiger partial charge in [0.15, 0.2) is 0 Å². The average Bonchev–Trinajstić information content (AvgIpc) is 2.82. The third-order valence-corrected chi connectivity index (χ3v) is 4.82. The molecule has 4 nitrogen and oxygen atoms in total. The van der Waals surface area contributed by atoms with E-state index in [1.165, 1.54) is 0 Å². The predicted molar refractivity (Wildman–Crippen MR) is 81.2 cm³/mol. The first kappa shape index (κ1) is 13.1. The molecular formula is C13H17ClN4S. The van der Waals surface area contributed by atoms with E-state index < -0.39 is 0 Å². The van der Waals surface area contributed by atoms with E-state index in [4.69, 9.17) is 11.6 Å². The number of thiophene rings is 1. The monoisotopic (exact) mass is 296 g/mol. The number of rotatable bonds is 2. The number of fused-ring (bicyclic) bond motifs is 1. The minimum Gasteiger partial charge on any atom is -0.367 e. The lowest BCUT2D eigenvalue weighted by Gasteiger charge is -2.35. The number of halogens is 1. The van der Waals surface area contributed by atoms with Crippen molar-refractivity contribution in [3.63, 3.8) is 0 Å². The van der Waals surface area contributed by atoms with E-state index in [-0.39, 0.29) is 0 Å². The summed E-state index contributed by atoms with van der Waals surface area (Å²) in [6.07, 6.45) is 2.26. The molecule has 1 aliphatic rings. The molecule has 2 aromatic rings. The second-order valence-electron chi connectivity index (χ2n) is 5.18. The van der Waals surface area contributed by atoms with Crippen LogP contribution in [0.15, 0.2) is 11.4 Å². The Labute approximate surface area is 121 Å². The molecular weight excluding hydrogens is 280 g/mol. The highest BCUT2D eigenvalue weighted by atomic mass is 35.5. The molecule has 0 spiro atoms. The van der Waals surface area contributed by atoms with Crippen molar-refractivity contribution in [2.45, 2.75) is 31.8 Å². The maximum Gasteiger partial charge on any atom is 0.225 e. The number of likely N-dealkylation sites (tertiary alicyclic amines) is 1. The summed E-state index contributed by atoms with van der Waals surface area (Å²) >= 11 is 7.58. The Morgan fingerprint density at radius 1 is 1.47 bits per heavy atom. The Kier molecular flexibility index (Phi) is 3.60. The minimum atomic E-state index is 0.318. The molecule has 0 amide bonds. The fourth-order valence-electron chi connectivity index (χ4n) is 2.55. The number of hydrogen-bond acceptors (Lipinski definition) is 5. The SMILES string of the molecule is CC1CC(Nc2nc(Cl)nc3sccc23)CCN1C. The van der Waals surface area contributed by atoms with Crippen molar-refractivity contribution in [3.05, 3.63) is 16.7 Å². The molecule has 1 fully saturated rings. The van der Waals surface area contributed by atoms with Crippen LogP contribution in [-0.2, 0) is 0 Å². The summed E-state index contributed by atoms with van der Waals surface area (Å²) < 4.78 is 0. The van der Waals surface area contributed by atoms with E-state index in [0.29, 0.717) is 17.4 Å². The van der Waals surface area contributed by atoms with Crippen molar-refractivity contribution in [3.8, 4) is 0 Å². The fourth-order valence-corrected chi connectivity index (χ4v) is 3.54. The van der Waals surface area contributed by atoms with Crippen molar-refractivity contribution in [2.75, 3.05) is 18.9 Å². The molecule has 2 unspecified atom stereocenters. The van der Waals surface area contributed by atoms with Crippen LogP contribution in [0.5, 0.6) is 0 Å². The fraction of sp³-hybridized carbons (Fsp3) is 0.538. The van der Waals surface area contributed by atoms with Crippen LogP contribution in [0.3, 0.4) is 0 Å². The molecule has 2 atom stereocenters. The summed E-state index contributed by atoms with van der Waals surface area (Å²) in [6, 6.07) is 3.11. The summed E-state index contributed by atoms with van der Waals surface area (Å²) in [6.45, 7) is 3.38. The molecule has 3 rings (SSSR count). The Hall–Kier alpha value is -0.910. The first-order valence-corrected chi connectivity index (χ1v) is 7.77. The van der Waals surface area contributed by atoms with Gasteiger partial charge in [-0.25, -0.2) is 9.97 Å². The van der Waals surface area contributed by atoms with Gasteiger partial charge in [-0.05, 0) is 49.9 Å². The molecule has 102 valence electrons. The van der Waals surface area contributed by atoms with E-state index in [9.17, 15) is 0 Å². The molecule has 3 heterocycles. The first-order chi connectivity index (χ1) is 9.13. The smallest absolute Gasteiger partial charge is 0.225 e. The van der Waals surface area contributed by atoms with Crippen LogP contribution in [0, 0.1) is 0 Å². The molecule has 6 heteroatoms. The van der Waals surface area contributed by atoms with Gasteiger partial charge < -0.3 is 10.2 Å². The topological polar surface area (TPSA) is 41.1 Å². The Morgan fingerprint density at radius 2 is 2.32 bits per heavy atom. The van der Waals surface area contributed by atoms with Gasteiger partial charge >= 0.3 is 0 Å². The van der Waals surface area contributed by atoms with Crippen molar-refractivity contribution < 1.29 is 0 Å². The molecule has 1 N–H and O–H groups in total. The number of aromatic nitrogens is 2. The van der Waals surface area contributed by atoms with Crippen LogP contribution in [0.25, 0.3) is 10.2 Å². The predicted octanol–water partition coefficient (Wildman–Crippen LogP) is 3.24. The molecule has 1 aliphatic heterocycles. The largest absolute Gasteiger partial charge is 0.367 e. The normalized spacial score (nSPS) is 24.8. The molecule has 1 saturated heterocycles. The Bertz CT molecular complexity index is 585. The summed E-state index contributed by atoms with van der Waals surface area (Å²) in [4.78, 5) is 11.9. The zero-order valence-corrected chi connectivity index (χ0v) is 12.6. The summed E-state index contributed by atoms with van der Waals surface area (Å²) in [5.41, 5.74) is 0. The van der Waals surface area contributed by atoms with Gasteiger partial charge in [0.05, 0.1) is 5.39 Å². The zero-order chi connectivity index (χ0) is 13.4. The zero-order valence-electron chi connectivity index (χ0n) is 11.1. The van der Waals surface area contributed by atoms with Crippen LogP contribution in [0.4, 0.5) is 5.82 Å². The molecule has 2 aromatic heterocycles. The average molecular weight is 297 g/mol. The van der Waals surface area contributed by atoms with Gasteiger partial charge in [0.2, 0.25) is 5.28 Å². The van der Waals surface area contributed by atoms with Gasteiger partial charge in [-0.15, -0.1) is 11.3 Å². The van der Waals surface area contributed by atoms with Gasteiger partial charge in [0, 0.05) is 18.6 Å². The molecule has 0 radical (unpaired) electrons. The molecule has 0 aliphatic carbocycles. The van der Waals surface area contributed by atoms with E-state index >= 15 is 0 Å². The van der Waals surface area contributed by atoms with Crippen molar-refractivity contribution in [2.24, 2.45) is 0 Å². The Balaban J connectivity index is 1.83. The van der Waals surface area contributed by atoms with E-state index in [0.717, 1.165) is 35.4 Å². The highest BCUT2D eigenvalue weighted by Crippen LogP contribution is 2.28. The third-order valence-electron chi connectivity index (χ3n) is 3.85. The van der Waals surface area contributed by atoms with E-state index in [2.05, 4.69) is 40.2 Å².